The van der Waals surface area contributed by atoms with E-state index < -0.39 is 0 Å². The fraction of sp³-hybridized carbons (Fsp3) is 0.364. The average Bonchev–Trinajstić information content (AvgIpc) is 3.37. The van der Waals surface area contributed by atoms with Crippen molar-refractivity contribution in [3.05, 3.63) is 48.0 Å². The number of likely N-dealkylation sites (tertiary alicyclic amines) is 1. The van der Waals surface area contributed by atoms with Crippen LogP contribution in [0.1, 0.15) is 24.4 Å². The Kier molecular flexibility index (Phi) is 4.83. The Morgan fingerprint density at radius 3 is 2.86 bits per heavy atom. The maximum Gasteiger partial charge on any atom is 0.233 e. The molecular weight excluding hydrogens is 386 g/mol. The molecule has 2 aromatic carbocycles. The van der Waals surface area contributed by atoms with E-state index in [1.807, 2.05) is 48.3 Å². The van der Waals surface area contributed by atoms with Crippen LogP contribution >= 0.6 is 11.8 Å². The number of thioether (sulfide) groups is 1. The molecule has 0 spiro atoms. The van der Waals surface area contributed by atoms with E-state index in [0.717, 1.165) is 52.6 Å². The number of fused-ring (bicyclic) bond motifs is 2. The van der Waals surface area contributed by atoms with Gasteiger partial charge in [-0.15, -0.1) is 0 Å². The zero-order chi connectivity index (χ0) is 19.8. The van der Waals surface area contributed by atoms with Gasteiger partial charge in [-0.3, -0.25) is 4.79 Å². The van der Waals surface area contributed by atoms with E-state index >= 15 is 0 Å². The van der Waals surface area contributed by atoms with Crippen LogP contribution in [0.4, 0.5) is 0 Å². The van der Waals surface area contributed by atoms with Crippen LogP contribution in [0.3, 0.4) is 0 Å². The summed E-state index contributed by atoms with van der Waals surface area (Å²) in [5.41, 5.74) is 3.16. The summed E-state index contributed by atoms with van der Waals surface area (Å²) in [6.07, 6.45) is 1.99. The first kappa shape index (κ1) is 18.4. The van der Waals surface area contributed by atoms with Gasteiger partial charge in [0.05, 0.1) is 22.8 Å². The van der Waals surface area contributed by atoms with Gasteiger partial charge in [0.2, 0.25) is 5.91 Å². The molecule has 7 heteroatoms. The van der Waals surface area contributed by atoms with Crippen LogP contribution in [-0.4, -0.2) is 45.9 Å². The van der Waals surface area contributed by atoms with Crippen LogP contribution in [-0.2, 0) is 11.8 Å². The molecule has 1 aromatic heterocycles. The van der Waals surface area contributed by atoms with Crippen molar-refractivity contribution in [1.29, 1.82) is 0 Å². The van der Waals surface area contributed by atoms with Crippen LogP contribution < -0.4 is 9.47 Å². The summed E-state index contributed by atoms with van der Waals surface area (Å²) in [6.45, 7) is 1.94. The fourth-order valence-electron chi connectivity index (χ4n) is 4.14. The SMILES string of the molecule is Cn1c(SCC(=O)N2CCC[C@H]2c2ccc3c(c2)OCCO3)nc2ccccc21. The molecule has 0 unspecified atom stereocenters. The maximum absolute atomic E-state index is 13.0. The van der Waals surface area contributed by atoms with E-state index in [1.165, 1.54) is 11.8 Å². The Morgan fingerprint density at radius 1 is 1.17 bits per heavy atom. The van der Waals surface area contributed by atoms with E-state index in [2.05, 4.69) is 15.6 Å². The number of hydrogen-bond donors (Lipinski definition) is 0. The molecule has 0 N–H and O–H groups in total. The van der Waals surface area contributed by atoms with Gasteiger partial charge in [-0.2, -0.15) is 0 Å². The normalized spacial score (nSPS) is 18.4. The van der Waals surface area contributed by atoms with Crippen molar-refractivity contribution < 1.29 is 14.3 Å². The van der Waals surface area contributed by atoms with Gasteiger partial charge in [-0.05, 0) is 42.7 Å². The number of carbonyl (C=O) groups is 1. The van der Waals surface area contributed by atoms with Crippen LogP contribution in [0.2, 0.25) is 0 Å². The lowest BCUT2D eigenvalue weighted by molar-refractivity contribution is -0.129. The first-order valence-electron chi connectivity index (χ1n) is 9.94. The summed E-state index contributed by atoms with van der Waals surface area (Å²) < 4.78 is 13.4. The third-order valence-corrected chi connectivity index (χ3v) is 6.61. The van der Waals surface area contributed by atoms with E-state index in [4.69, 9.17) is 9.47 Å². The standard InChI is InChI=1S/C22H23N3O3S/c1-24-18-6-3-2-5-16(18)23-22(24)29-14-21(26)25-10-4-7-17(25)15-8-9-19-20(13-15)28-12-11-27-19/h2-3,5-6,8-9,13,17H,4,7,10-12,14H2,1H3/t17-/m0/s1. The molecule has 0 bridgehead atoms. The monoisotopic (exact) mass is 409 g/mol. The van der Waals surface area contributed by atoms with Crippen LogP contribution in [0, 0.1) is 0 Å². The Morgan fingerprint density at radius 2 is 2.00 bits per heavy atom. The molecule has 0 aliphatic carbocycles. The predicted octanol–water partition coefficient (Wildman–Crippen LogP) is 3.80. The Hall–Kier alpha value is -2.67. The average molecular weight is 410 g/mol. The minimum absolute atomic E-state index is 0.0966. The highest BCUT2D eigenvalue weighted by molar-refractivity contribution is 7.99. The fourth-order valence-corrected chi connectivity index (χ4v) is 5.01. The zero-order valence-corrected chi connectivity index (χ0v) is 17.2. The Balaban J connectivity index is 1.30. The summed E-state index contributed by atoms with van der Waals surface area (Å²) >= 11 is 1.50. The maximum atomic E-state index is 13.0. The number of imidazole rings is 1. The summed E-state index contributed by atoms with van der Waals surface area (Å²) in [4.78, 5) is 19.7. The molecule has 1 amide bonds. The highest BCUT2D eigenvalue weighted by Gasteiger charge is 2.31. The van der Waals surface area contributed by atoms with Crippen molar-refractivity contribution in [3.63, 3.8) is 0 Å². The second-order valence-electron chi connectivity index (χ2n) is 7.38. The lowest BCUT2D eigenvalue weighted by Gasteiger charge is -2.26. The van der Waals surface area contributed by atoms with Gasteiger partial charge in [0, 0.05) is 13.6 Å². The topological polar surface area (TPSA) is 56.6 Å². The van der Waals surface area contributed by atoms with Crippen molar-refractivity contribution >= 4 is 28.7 Å². The largest absolute Gasteiger partial charge is 0.486 e. The quantitative estimate of drug-likeness (QED) is 0.614. The lowest BCUT2D eigenvalue weighted by atomic mass is 10.0. The van der Waals surface area contributed by atoms with Crippen LogP contribution in [0.25, 0.3) is 11.0 Å². The van der Waals surface area contributed by atoms with E-state index in [-0.39, 0.29) is 11.9 Å². The number of rotatable bonds is 4. The van der Waals surface area contributed by atoms with Gasteiger partial charge < -0.3 is 18.9 Å². The molecule has 1 atom stereocenters. The molecule has 6 nitrogen and oxygen atoms in total. The molecule has 3 heterocycles. The molecule has 1 fully saturated rings. The van der Waals surface area contributed by atoms with Crippen LogP contribution in [0.15, 0.2) is 47.6 Å². The van der Waals surface area contributed by atoms with E-state index in [9.17, 15) is 4.79 Å². The minimum Gasteiger partial charge on any atom is -0.486 e. The molecule has 0 radical (unpaired) electrons. The van der Waals surface area contributed by atoms with Crippen molar-refractivity contribution in [2.24, 2.45) is 7.05 Å². The molecule has 0 saturated carbocycles. The summed E-state index contributed by atoms with van der Waals surface area (Å²) in [5, 5.41) is 0.870. The van der Waals surface area contributed by atoms with Gasteiger partial charge >= 0.3 is 0 Å². The number of para-hydroxylation sites is 2. The smallest absolute Gasteiger partial charge is 0.233 e. The van der Waals surface area contributed by atoms with Crippen molar-refractivity contribution in [2.75, 3.05) is 25.5 Å². The summed E-state index contributed by atoms with van der Waals surface area (Å²) in [7, 11) is 2.00. The first-order chi connectivity index (χ1) is 14.2. The number of benzene rings is 2. The molecule has 29 heavy (non-hydrogen) atoms. The highest BCUT2D eigenvalue weighted by atomic mass is 32.2. The van der Waals surface area contributed by atoms with Crippen LogP contribution in [0.5, 0.6) is 11.5 Å². The molecule has 5 rings (SSSR count). The number of carbonyl (C=O) groups excluding carboxylic acids is 1. The summed E-state index contributed by atoms with van der Waals surface area (Å²) in [5.74, 6) is 2.10. The highest BCUT2D eigenvalue weighted by Crippen LogP contribution is 2.38. The number of aryl methyl sites for hydroxylation is 1. The van der Waals surface area contributed by atoms with E-state index in [0.29, 0.717) is 19.0 Å². The lowest BCUT2D eigenvalue weighted by Crippen LogP contribution is -2.32. The molecule has 2 aliphatic heterocycles. The molecule has 3 aromatic rings. The Labute approximate surface area is 173 Å². The number of ether oxygens (including phenoxy) is 2. The van der Waals surface area contributed by atoms with Crippen molar-refractivity contribution in [3.8, 4) is 11.5 Å². The number of hydrogen-bond acceptors (Lipinski definition) is 5. The zero-order valence-electron chi connectivity index (χ0n) is 16.3. The number of amides is 1. The minimum atomic E-state index is 0.0966. The van der Waals surface area contributed by atoms with E-state index in [1.54, 1.807) is 0 Å². The molecule has 150 valence electrons. The Bertz CT molecular complexity index is 1060. The third-order valence-electron chi connectivity index (χ3n) is 5.60. The third kappa shape index (κ3) is 3.44. The number of nitrogens with zero attached hydrogens (tertiary/aromatic N) is 3. The van der Waals surface area contributed by atoms with Gasteiger partial charge in [-0.25, -0.2) is 4.98 Å². The van der Waals surface area contributed by atoms with Crippen molar-refractivity contribution in [1.82, 2.24) is 14.5 Å². The van der Waals surface area contributed by atoms with Gasteiger partial charge in [0.1, 0.15) is 13.2 Å². The first-order valence-corrected chi connectivity index (χ1v) is 10.9. The molecular formula is C22H23N3O3S. The molecule has 2 aliphatic rings. The predicted molar refractivity (Wildman–Crippen MR) is 113 cm³/mol. The number of aromatic nitrogens is 2. The second kappa shape index (κ2) is 7.63. The second-order valence-corrected chi connectivity index (χ2v) is 8.32. The van der Waals surface area contributed by atoms with Gasteiger partial charge in [0.15, 0.2) is 16.7 Å². The van der Waals surface area contributed by atoms with Crippen molar-refractivity contribution in [2.45, 2.75) is 24.0 Å². The molecule has 1 saturated heterocycles. The van der Waals surface area contributed by atoms with Gasteiger partial charge in [-0.1, -0.05) is 30.0 Å². The van der Waals surface area contributed by atoms with Gasteiger partial charge in [0.25, 0.3) is 0 Å². The summed E-state index contributed by atoms with van der Waals surface area (Å²) in [6, 6.07) is 14.2.